The van der Waals surface area contributed by atoms with Gasteiger partial charge in [0.1, 0.15) is 5.82 Å². The highest BCUT2D eigenvalue weighted by Gasteiger charge is 2.06. The summed E-state index contributed by atoms with van der Waals surface area (Å²) in [5.74, 6) is 0.707. The van der Waals surface area contributed by atoms with Crippen molar-refractivity contribution in [2.24, 2.45) is 0 Å². The molecule has 0 spiro atoms. The highest BCUT2D eigenvalue weighted by atomic mass is 19.1. The van der Waals surface area contributed by atoms with E-state index < -0.39 is 0 Å². The maximum absolute atomic E-state index is 12.8. The van der Waals surface area contributed by atoms with Crippen LogP contribution in [0.1, 0.15) is 12.0 Å². The number of rotatable bonds is 8. The van der Waals surface area contributed by atoms with Gasteiger partial charge < -0.3 is 14.8 Å². The van der Waals surface area contributed by atoms with E-state index in [1.54, 1.807) is 31.4 Å². The van der Waals surface area contributed by atoms with Crippen molar-refractivity contribution in [1.82, 2.24) is 5.32 Å². The van der Waals surface area contributed by atoms with Gasteiger partial charge in [0.15, 0.2) is 18.1 Å². The minimum Gasteiger partial charge on any atom is -0.493 e. The maximum atomic E-state index is 12.8. The van der Waals surface area contributed by atoms with E-state index in [9.17, 15) is 9.18 Å². The molecule has 0 atom stereocenters. The Morgan fingerprint density at radius 3 is 2.48 bits per heavy atom. The van der Waals surface area contributed by atoms with Crippen molar-refractivity contribution in [1.29, 1.82) is 0 Å². The Hall–Kier alpha value is -2.56. The van der Waals surface area contributed by atoms with Crippen molar-refractivity contribution in [3.8, 4) is 11.5 Å². The van der Waals surface area contributed by atoms with E-state index >= 15 is 0 Å². The van der Waals surface area contributed by atoms with Crippen molar-refractivity contribution in [2.45, 2.75) is 12.8 Å². The van der Waals surface area contributed by atoms with Gasteiger partial charge in [0, 0.05) is 6.54 Å². The molecule has 0 aliphatic carbocycles. The summed E-state index contributed by atoms with van der Waals surface area (Å²) in [7, 11) is 1.55. The third-order valence-corrected chi connectivity index (χ3v) is 3.31. The van der Waals surface area contributed by atoms with E-state index in [1.807, 2.05) is 12.1 Å². The monoisotopic (exact) mass is 317 g/mol. The molecule has 2 aromatic carbocycles. The zero-order valence-corrected chi connectivity index (χ0v) is 13.0. The van der Waals surface area contributed by atoms with E-state index in [1.165, 1.54) is 12.1 Å². The Morgan fingerprint density at radius 2 is 1.78 bits per heavy atom. The van der Waals surface area contributed by atoms with Gasteiger partial charge in [-0.1, -0.05) is 24.3 Å². The van der Waals surface area contributed by atoms with Crippen molar-refractivity contribution >= 4 is 5.91 Å². The second-order valence-electron chi connectivity index (χ2n) is 5.02. The van der Waals surface area contributed by atoms with Crippen molar-refractivity contribution < 1.29 is 18.7 Å². The lowest BCUT2D eigenvalue weighted by atomic mass is 10.1. The van der Waals surface area contributed by atoms with Crippen LogP contribution in [-0.2, 0) is 11.2 Å². The molecule has 2 aromatic rings. The molecule has 1 amide bonds. The highest BCUT2D eigenvalue weighted by Crippen LogP contribution is 2.25. The molecule has 0 saturated heterocycles. The molecule has 0 radical (unpaired) electrons. The normalized spacial score (nSPS) is 10.2. The summed E-state index contributed by atoms with van der Waals surface area (Å²) >= 11 is 0. The van der Waals surface area contributed by atoms with E-state index in [2.05, 4.69) is 5.32 Å². The topological polar surface area (TPSA) is 47.6 Å². The SMILES string of the molecule is COc1ccccc1OCC(=O)NCCCc1ccc(F)cc1. The Labute approximate surface area is 135 Å². The summed E-state index contributed by atoms with van der Waals surface area (Å²) in [6, 6.07) is 13.6. The Kier molecular flexibility index (Phi) is 6.41. The number of ether oxygens (including phenoxy) is 2. The minimum atomic E-state index is -0.240. The standard InChI is InChI=1S/C18H20FNO3/c1-22-16-6-2-3-7-17(16)23-13-18(21)20-12-4-5-14-8-10-15(19)11-9-14/h2-3,6-11H,4-5,12-13H2,1H3,(H,20,21). The number of halogens is 1. The molecular weight excluding hydrogens is 297 g/mol. The maximum Gasteiger partial charge on any atom is 0.257 e. The first kappa shape index (κ1) is 16.8. The van der Waals surface area contributed by atoms with Gasteiger partial charge in [-0.3, -0.25) is 4.79 Å². The number of aryl methyl sites for hydroxylation is 1. The molecule has 0 saturated carbocycles. The van der Waals surface area contributed by atoms with Crippen LogP contribution in [0.5, 0.6) is 11.5 Å². The Balaban J connectivity index is 1.66. The van der Waals surface area contributed by atoms with Gasteiger partial charge in [-0.05, 0) is 42.7 Å². The number of hydrogen-bond acceptors (Lipinski definition) is 3. The molecule has 23 heavy (non-hydrogen) atoms. The smallest absolute Gasteiger partial charge is 0.257 e. The molecule has 0 unspecified atom stereocenters. The molecule has 5 heteroatoms. The number of methoxy groups -OCH3 is 1. The number of carbonyl (C=O) groups excluding carboxylic acids is 1. The fourth-order valence-electron chi connectivity index (χ4n) is 2.10. The second kappa shape index (κ2) is 8.78. The van der Waals surface area contributed by atoms with Gasteiger partial charge in [-0.15, -0.1) is 0 Å². The van der Waals surface area contributed by atoms with Crippen LogP contribution in [0.25, 0.3) is 0 Å². The summed E-state index contributed by atoms with van der Waals surface area (Å²) in [5, 5.41) is 2.79. The van der Waals surface area contributed by atoms with Gasteiger partial charge in [-0.25, -0.2) is 4.39 Å². The summed E-state index contributed by atoms with van der Waals surface area (Å²) in [6.07, 6.45) is 1.57. The summed E-state index contributed by atoms with van der Waals surface area (Å²) in [5.41, 5.74) is 1.05. The number of carbonyl (C=O) groups is 1. The number of para-hydroxylation sites is 2. The van der Waals surface area contributed by atoms with Crippen LogP contribution in [0.2, 0.25) is 0 Å². The van der Waals surface area contributed by atoms with Crippen LogP contribution < -0.4 is 14.8 Å². The molecule has 2 rings (SSSR count). The lowest BCUT2D eigenvalue weighted by Gasteiger charge is -2.10. The molecule has 0 aliphatic heterocycles. The first-order chi connectivity index (χ1) is 11.2. The number of nitrogens with one attached hydrogen (secondary N) is 1. The van der Waals surface area contributed by atoms with E-state index in [0.29, 0.717) is 18.0 Å². The van der Waals surface area contributed by atoms with Crippen molar-refractivity contribution in [3.05, 3.63) is 59.9 Å². The Bertz CT molecular complexity index is 628. The predicted molar refractivity (Wildman–Crippen MR) is 86.2 cm³/mol. The van der Waals surface area contributed by atoms with Gasteiger partial charge in [-0.2, -0.15) is 0 Å². The molecule has 0 aromatic heterocycles. The van der Waals surface area contributed by atoms with E-state index in [0.717, 1.165) is 18.4 Å². The first-order valence-electron chi connectivity index (χ1n) is 7.46. The highest BCUT2D eigenvalue weighted by molar-refractivity contribution is 5.77. The van der Waals surface area contributed by atoms with Gasteiger partial charge in [0.05, 0.1) is 7.11 Å². The second-order valence-corrected chi connectivity index (χ2v) is 5.02. The fourth-order valence-corrected chi connectivity index (χ4v) is 2.10. The molecule has 0 fully saturated rings. The molecule has 4 nitrogen and oxygen atoms in total. The molecule has 0 aliphatic rings. The van der Waals surface area contributed by atoms with Crippen LogP contribution in [0, 0.1) is 5.82 Å². The van der Waals surface area contributed by atoms with E-state index in [-0.39, 0.29) is 18.3 Å². The number of amides is 1. The zero-order chi connectivity index (χ0) is 16.5. The van der Waals surface area contributed by atoms with Gasteiger partial charge in [0.2, 0.25) is 0 Å². The molecule has 1 N–H and O–H groups in total. The third kappa shape index (κ3) is 5.62. The quantitative estimate of drug-likeness (QED) is 0.762. The van der Waals surface area contributed by atoms with Gasteiger partial charge >= 0.3 is 0 Å². The number of hydrogen-bond donors (Lipinski definition) is 1. The summed E-state index contributed by atoms with van der Waals surface area (Å²) in [4.78, 5) is 11.7. The Morgan fingerprint density at radius 1 is 1.09 bits per heavy atom. The first-order valence-corrected chi connectivity index (χ1v) is 7.46. The minimum absolute atomic E-state index is 0.0586. The fraction of sp³-hybridized carbons (Fsp3) is 0.278. The lowest BCUT2D eigenvalue weighted by molar-refractivity contribution is -0.123. The zero-order valence-electron chi connectivity index (χ0n) is 13.0. The summed E-state index contributed by atoms with van der Waals surface area (Å²) < 4.78 is 23.4. The van der Waals surface area contributed by atoms with Crippen LogP contribution in [-0.4, -0.2) is 26.2 Å². The predicted octanol–water partition coefficient (Wildman–Crippen LogP) is 2.96. The van der Waals surface area contributed by atoms with Crippen LogP contribution in [0.15, 0.2) is 48.5 Å². The van der Waals surface area contributed by atoms with E-state index in [4.69, 9.17) is 9.47 Å². The average molecular weight is 317 g/mol. The molecule has 122 valence electrons. The van der Waals surface area contributed by atoms with Gasteiger partial charge in [0.25, 0.3) is 5.91 Å². The lowest BCUT2D eigenvalue weighted by Crippen LogP contribution is -2.30. The van der Waals surface area contributed by atoms with Crippen LogP contribution in [0.4, 0.5) is 4.39 Å². The van der Waals surface area contributed by atoms with Crippen molar-refractivity contribution in [3.63, 3.8) is 0 Å². The largest absolute Gasteiger partial charge is 0.493 e. The molecular formula is C18H20FNO3. The van der Waals surface area contributed by atoms with Crippen LogP contribution >= 0.6 is 0 Å². The molecule has 0 bridgehead atoms. The van der Waals surface area contributed by atoms with Crippen LogP contribution in [0.3, 0.4) is 0 Å². The third-order valence-electron chi connectivity index (χ3n) is 3.31. The number of benzene rings is 2. The summed E-state index contributed by atoms with van der Waals surface area (Å²) in [6.45, 7) is 0.489. The molecule has 0 heterocycles. The average Bonchev–Trinajstić information content (AvgIpc) is 2.58. The van der Waals surface area contributed by atoms with Crippen molar-refractivity contribution in [2.75, 3.05) is 20.3 Å².